The molecule has 2 rings (SSSR count). The van der Waals surface area contributed by atoms with Crippen LogP contribution in [0.25, 0.3) is 0 Å². The number of nitrogens with two attached hydrogens (primary N) is 1. The number of carbonyl (C=O) groups excluding carboxylic acids is 1. The summed E-state index contributed by atoms with van der Waals surface area (Å²) in [4.78, 5) is 11.8. The highest BCUT2D eigenvalue weighted by atomic mass is 16.5. The predicted octanol–water partition coefficient (Wildman–Crippen LogP) is 3.25. The number of rotatable bonds is 4. The van der Waals surface area contributed by atoms with Crippen LogP contribution in [0.4, 0.5) is 5.69 Å². The van der Waals surface area contributed by atoms with Crippen LogP contribution in [0.3, 0.4) is 0 Å². The molecule has 0 unspecified atom stereocenters. The van der Waals surface area contributed by atoms with Gasteiger partial charge in [0, 0.05) is 5.69 Å². The average Bonchev–Trinajstić information content (AvgIpc) is 2.47. The Morgan fingerprint density at radius 1 is 1.14 bits per heavy atom. The van der Waals surface area contributed by atoms with Crippen molar-refractivity contribution in [2.24, 2.45) is 0 Å². The van der Waals surface area contributed by atoms with E-state index in [-0.39, 0.29) is 0 Å². The molecule has 0 aromatic heterocycles. The van der Waals surface area contributed by atoms with Gasteiger partial charge in [-0.15, -0.1) is 0 Å². The number of aryl methyl sites for hydroxylation is 2. The Morgan fingerprint density at radius 2 is 1.81 bits per heavy atom. The largest absolute Gasteiger partial charge is 0.488 e. The van der Waals surface area contributed by atoms with Gasteiger partial charge in [0.15, 0.2) is 0 Å². The number of methoxy groups -OCH3 is 1. The Kier molecular flexibility index (Phi) is 4.48. The van der Waals surface area contributed by atoms with E-state index in [1.807, 2.05) is 32.0 Å². The number of hydrogen-bond acceptors (Lipinski definition) is 4. The van der Waals surface area contributed by atoms with Gasteiger partial charge >= 0.3 is 5.97 Å². The second kappa shape index (κ2) is 6.31. The van der Waals surface area contributed by atoms with Crippen LogP contribution >= 0.6 is 0 Å². The highest BCUT2D eigenvalue weighted by molar-refractivity contribution is 5.93. The summed E-state index contributed by atoms with van der Waals surface area (Å²) in [5, 5.41) is 0. The first-order valence-electron chi connectivity index (χ1n) is 6.68. The maximum absolute atomic E-state index is 11.8. The third kappa shape index (κ3) is 3.34. The molecule has 4 nitrogen and oxygen atoms in total. The highest BCUT2D eigenvalue weighted by Gasteiger charge is 2.14. The van der Waals surface area contributed by atoms with E-state index in [1.54, 1.807) is 18.2 Å². The van der Waals surface area contributed by atoms with Crippen LogP contribution in [0.5, 0.6) is 5.75 Å². The van der Waals surface area contributed by atoms with Crippen molar-refractivity contribution in [3.63, 3.8) is 0 Å². The van der Waals surface area contributed by atoms with Gasteiger partial charge in [-0.2, -0.15) is 0 Å². The van der Waals surface area contributed by atoms with Crippen LogP contribution < -0.4 is 10.5 Å². The van der Waals surface area contributed by atoms with Gasteiger partial charge in [-0.25, -0.2) is 4.79 Å². The van der Waals surface area contributed by atoms with Crippen LogP contribution in [0.15, 0.2) is 36.4 Å². The SMILES string of the molecule is COC(=O)c1cc(N)ccc1OCc1c(C)cccc1C. The Bertz CT molecular complexity index is 645. The van der Waals surface area contributed by atoms with Crippen LogP contribution in [-0.2, 0) is 11.3 Å². The molecule has 0 heterocycles. The maximum Gasteiger partial charge on any atom is 0.341 e. The van der Waals surface area contributed by atoms with Gasteiger partial charge in [0.2, 0.25) is 0 Å². The summed E-state index contributed by atoms with van der Waals surface area (Å²) in [6, 6.07) is 11.0. The molecular formula is C17H19NO3. The van der Waals surface area contributed by atoms with Crippen LogP contribution in [0, 0.1) is 13.8 Å². The van der Waals surface area contributed by atoms with Crippen molar-refractivity contribution in [1.29, 1.82) is 0 Å². The van der Waals surface area contributed by atoms with E-state index >= 15 is 0 Å². The molecule has 110 valence electrons. The first-order valence-corrected chi connectivity index (χ1v) is 6.68. The molecule has 0 amide bonds. The fourth-order valence-corrected chi connectivity index (χ4v) is 2.17. The monoisotopic (exact) mass is 285 g/mol. The lowest BCUT2D eigenvalue weighted by Gasteiger charge is -2.14. The van der Waals surface area contributed by atoms with E-state index in [0.717, 1.165) is 16.7 Å². The third-order valence-corrected chi connectivity index (χ3v) is 3.43. The van der Waals surface area contributed by atoms with Gasteiger partial charge in [-0.1, -0.05) is 18.2 Å². The molecule has 21 heavy (non-hydrogen) atoms. The van der Waals surface area contributed by atoms with Crippen molar-refractivity contribution >= 4 is 11.7 Å². The molecule has 0 spiro atoms. The van der Waals surface area contributed by atoms with Crippen molar-refractivity contribution < 1.29 is 14.3 Å². The van der Waals surface area contributed by atoms with Crippen molar-refractivity contribution in [2.75, 3.05) is 12.8 Å². The van der Waals surface area contributed by atoms with Gasteiger partial charge < -0.3 is 15.2 Å². The summed E-state index contributed by atoms with van der Waals surface area (Å²) < 4.78 is 10.6. The number of hydrogen-bond donors (Lipinski definition) is 1. The number of nitrogen functional groups attached to an aromatic ring is 1. The van der Waals surface area contributed by atoms with E-state index in [1.165, 1.54) is 7.11 Å². The van der Waals surface area contributed by atoms with Crippen molar-refractivity contribution in [3.05, 3.63) is 58.7 Å². The normalized spacial score (nSPS) is 10.2. The number of ether oxygens (including phenoxy) is 2. The molecule has 0 bridgehead atoms. The number of anilines is 1. The molecule has 0 aliphatic carbocycles. The van der Waals surface area contributed by atoms with Gasteiger partial charge in [0.05, 0.1) is 7.11 Å². The Morgan fingerprint density at radius 3 is 2.43 bits per heavy atom. The lowest BCUT2D eigenvalue weighted by Crippen LogP contribution is -2.08. The fourth-order valence-electron chi connectivity index (χ4n) is 2.17. The van der Waals surface area contributed by atoms with Gasteiger partial charge in [0.25, 0.3) is 0 Å². The van der Waals surface area contributed by atoms with Gasteiger partial charge in [0.1, 0.15) is 17.9 Å². The zero-order chi connectivity index (χ0) is 15.4. The summed E-state index contributed by atoms with van der Waals surface area (Å²) in [7, 11) is 1.33. The van der Waals surface area contributed by atoms with E-state index in [0.29, 0.717) is 23.6 Å². The lowest BCUT2D eigenvalue weighted by atomic mass is 10.0. The molecule has 4 heteroatoms. The number of carbonyl (C=O) groups is 1. The molecular weight excluding hydrogens is 266 g/mol. The molecule has 2 N–H and O–H groups in total. The zero-order valence-corrected chi connectivity index (χ0v) is 12.5. The molecule has 0 fully saturated rings. The molecule has 0 saturated heterocycles. The Hall–Kier alpha value is -2.49. The number of benzene rings is 2. The predicted molar refractivity (Wildman–Crippen MR) is 82.4 cm³/mol. The summed E-state index contributed by atoms with van der Waals surface area (Å²) in [5.74, 6) is 0.0116. The van der Waals surface area contributed by atoms with Crippen LogP contribution in [0.2, 0.25) is 0 Å². The van der Waals surface area contributed by atoms with Crippen LogP contribution in [0.1, 0.15) is 27.0 Å². The molecule has 2 aromatic rings. The van der Waals surface area contributed by atoms with Crippen molar-refractivity contribution in [1.82, 2.24) is 0 Å². The standard InChI is InChI=1S/C17H19NO3/c1-11-5-4-6-12(2)15(11)10-21-16-8-7-13(18)9-14(16)17(19)20-3/h4-9H,10,18H2,1-3H3. The van der Waals surface area contributed by atoms with E-state index in [9.17, 15) is 4.79 Å². The second-order valence-corrected chi connectivity index (χ2v) is 4.91. The smallest absolute Gasteiger partial charge is 0.341 e. The van der Waals surface area contributed by atoms with Crippen molar-refractivity contribution in [3.8, 4) is 5.75 Å². The molecule has 2 aromatic carbocycles. The first-order chi connectivity index (χ1) is 10.0. The van der Waals surface area contributed by atoms with E-state index in [4.69, 9.17) is 15.2 Å². The molecule has 0 aliphatic rings. The molecule has 0 aliphatic heterocycles. The summed E-state index contributed by atoms with van der Waals surface area (Å²) in [5.41, 5.74) is 9.97. The van der Waals surface area contributed by atoms with E-state index < -0.39 is 5.97 Å². The highest BCUT2D eigenvalue weighted by Crippen LogP contribution is 2.24. The topological polar surface area (TPSA) is 61.5 Å². The van der Waals surface area contributed by atoms with Crippen LogP contribution in [-0.4, -0.2) is 13.1 Å². The van der Waals surface area contributed by atoms with E-state index in [2.05, 4.69) is 0 Å². The minimum atomic E-state index is -0.459. The third-order valence-electron chi connectivity index (χ3n) is 3.43. The minimum absolute atomic E-state index is 0.337. The second-order valence-electron chi connectivity index (χ2n) is 4.91. The lowest BCUT2D eigenvalue weighted by molar-refractivity contribution is 0.0595. The Balaban J connectivity index is 2.26. The Labute approximate surface area is 124 Å². The van der Waals surface area contributed by atoms with Gasteiger partial charge in [-0.3, -0.25) is 0 Å². The molecule has 0 atom stereocenters. The number of esters is 1. The summed E-state index contributed by atoms with van der Waals surface area (Å²) in [6.07, 6.45) is 0. The van der Waals surface area contributed by atoms with Gasteiger partial charge in [-0.05, 0) is 48.7 Å². The van der Waals surface area contributed by atoms with Crippen molar-refractivity contribution in [2.45, 2.75) is 20.5 Å². The summed E-state index contributed by atoms with van der Waals surface area (Å²) >= 11 is 0. The fraction of sp³-hybridized carbons (Fsp3) is 0.235. The summed E-state index contributed by atoms with van der Waals surface area (Å²) in [6.45, 7) is 4.47. The average molecular weight is 285 g/mol. The zero-order valence-electron chi connectivity index (χ0n) is 12.5. The molecule has 0 radical (unpaired) electrons. The maximum atomic E-state index is 11.8. The minimum Gasteiger partial charge on any atom is -0.488 e. The molecule has 0 saturated carbocycles. The quantitative estimate of drug-likeness (QED) is 0.692. The first kappa shape index (κ1) is 14.9.